The Kier molecular flexibility index (Phi) is 3.92. The molecule has 0 unspecified atom stereocenters. The van der Waals surface area contributed by atoms with Crippen molar-refractivity contribution >= 4 is 34.5 Å². The van der Waals surface area contributed by atoms with E-state index in [-0.39, 0.29) is 11.6 Å². The zero-order valence-corrected chi connectivity index (χ0v) is 14.8. The van der Waals surface area contributed by atoms with Crippen molar-refractivity contribution in [3.05, 3.63) is 64.9 Å². The molecule has 0 bridgehead atoms. The van der Waals surface area contributed by atoms with Crippen molar-refractivity contribution in [2.75, 3.05) is 5.32 Å². The number of rotatable bonds is 3. The number of benzene rings is 2. The van der Waals surface area contributed by atoms with Gasteiger partial charge in [0.2, 0.25) is 0 Å². The number of nitrogens with one attached hydrogen (secondary N) is 3. The normalized spacial score (nSPS) is 14.0. The number of anilines is 1. The van der Waals surface area contributed by atoms with Gasteiger partial charge in [0, 0.05) is 16.6 Å². The Morgan fingerprint density at radius 1 is 1.07 bits per heavy atom. The first-order valence-corrected chi connectivity index (χ1v) is 8.49. The van der Waals surface area contributed by atoms with Crippen molar-refractivity contribution in [3.63, 3.8) is 0 Å². The van der Waals surface area contributed by atoms with Gasteiger partial charge in [-0.2, -0.15) is 0 Å². The predicted octanol–water partition coefficient (Wildman–Crippen LogP) is 3.51. The standard InChI is InChI=1S/C20H17N3O4/c1-10-13-5-3-4-6-16(13)27-17(10)11(2)21-20(26)22-12-7-8-14-15(9-12)19(25)23-18(14)24/h3-9,11H,1-2H3,(H2,21,22,26)(H,23,24,25)/t11-/m1/s1. The quantitative estimate of drug-likeness (QED) is 0.620. The molecule has 0 spiro atoms. The van der Waals surface area contributed by atoms with Crippen LogP contribution in [-0.4, -0.2) is 17.8 Å². The van der Waals surface area contributed by atoms with Crippen LogP contribution in [0.25, 0.3) is 11.0 Å². The number of fused-ring (bicyclic) bond motifs is 2. The fourth-order valence-corrected chi connectivity index (χ4v) is 3.28. The first kappa shape index (κ1) is 16.8. The van der Waals surface area contributed by atoms with Gasteiger partial charge in [-0.05, 0) is 38.1 Å². The van der Waals surface area contributed by atoms with Gasteiger partial charge in [-0.15, -0.1) is 0 Å². The van der Waals surface area contributed by atoms with Gasteiger partial charge in [-0.1, -0.05) is 18.2 Å². The van der Waals surface area contributed by atoms with E-state index in [0.29, 0.717) is 17.0 Å². The highest BCUT2D eigenvalue weighted by atomic mass is 16.3. The van der Waals surface area contributed by atoms with Crippen LogP contribution >= 0.6 is 0 Å². The lowest BCUT2D eigenvalue weighted by Gasteiger charge is -2.14. The second-order valence-corrected chi connectivity index (χ2v) is 6.45. The maximum Gasteiger partial charge on any atom is 0.319 e. The molecule has 0 fully saturated rings. The smallest absolute Gasteiger partial charge is 0.319 e. The second-order valence-electron chi connectivity index (χ2n) is 6.45. The summed E-state index contributed by atoms with van der Waals surface area (Å²) in [6.07, 6.45) is 0. The van der Waals surface area contributed by atoms with Gasteiger partial charge < -0.3 is 15.1 Å². The Labute approximate surface area is 154 Å². The molecule has 0 aliphatic carbocycles. The van der Waals surface area contributed by atoms with E-state index in [9.17, 15) is 14.4 Å². The maximum atomic E-state index is 12.3. The molecule has 4 amide bonds. The Balaban J connectivity index is 1.49. The molecule has 136 valence electrons. The molecule has 27 heavy (non-hydrogen) atoms. The largest absolute Gasteiger partial charge is 0.459 e. The third-order valence-electron chi connectivity index (χ3n) is 4.62. The highest BCUT2D eigenvalue weighted by Crippen LogP contribution is 2.29. The van der Waals surface area contributed by atoms with Crippen LogP contribution in [0.3, 0.4) is 0 Å². The lowest BCUT2D eigenvalue weighted by molar-refractivity contribution is 0.0879. The van der Waals surface area contributed by atoms with Crippen LogP contribution in [0.5, 0.6) is 0 Å². The summed E-state index contributed by atoms with van der Waals surface area (Å²) in [5.74, 6) is -0.212. The summed E-state index contributed by atoms with van der Waals surface area (Å²) < 4.78 is 5.87. The van der Waals surface area contributed by atoms with Crippen LogP contribution in [0.1, 0.15) is 45.0 Å². The SMILES string of the molecule is Cc1c([C@@H](C)NC(=O)Nc2ccc3c(c2)C(=O)NC3=O)oc2ccccc12. The molecule has 2 aromatic carbocycles. The number of carbonyl (C=O) groups is 3. The van der Waals surface area contributed by atoms with E-state index in [1.807, 2.05) is 38.1 Å². The Bertz CT molecular complexity index is 1100. The molecule has 3 aromatic rings. The number of urea groups is 1. The Morgan fingerprint density at radius 3 is 2.59 bits per heavy atom. The molecular formula is C20H17N3O4. The molecule has 1 aliphatic heterocycles. The number of hydrogen-bond acceptors (Lipinski definition) is 4. The molecule has 1 aromatic heterocycles. The van der Waals surface area contributed by atoms with E-state index >= 15 is 0 Å². The van der Waals surface area contributed by atoms with Gasteiger partial charge in [0.05, 0.1) is 17.2 Å². The molecule has 1 aliphatic rings. The van der Waals surface area contributed by atoms with E-state index in [1.165, 1.54) is 12.1 Å². The fraction of sp³-hybridized carbons (Fsp3) is 0.150. The van der Waals surface area contributed by atoms with Crippen molar-refractivity contribution in [3.8, 4) is 0 Å². The van der Waals surface area contributed by atoms with E-state index in [4.69, 9.17) is 4.42 Å². The van der Waals surface area contributed by atoms with Gasteiger partial charge in [-0.25, -0.2) is 4.79 Å². The topological polar surface area (TPSA) is 100 Å². The van der Waals surface area contributed by atoms with Crippen LogP contribution in [0.2, 0.25) is 0 Å². The van der Waals surface area contributed by atoms with Crippen LogP contribution < -0.4 is 16.0 Å². The van der Waals surface area contributed by atoms with Crippen LogP contribution in [0.15, 0.2) is 46.9 Å². The molecule has 2 heterocycles. The van der Waals surface area contributed by atoms with Gasteiger partial charge in [-0.3, -0.25) is 14.9 Å². The summed E-state index contributed by atoms with van der Waals surface area (Å²) in [6, 6.07) is 11.5. The summed E-state index contributed by atoms with van der Waals surface area (Å²) in [4.78, 5) is 35.6. The van der Waals surface area contributed by atoms with Crippen molar-refractivity contribution in [2.45, 2.75) is 19.9 Å². The maximum absolute atomic E-state index is 12.3. The molecule has 1 atom stereocenters. The molecule has 0 saturated carbocycles. The zero-order valence-electron chi connectivity index (χ0n) is 14.8. The number of amides is 4. The molecule has 7 heteroatoms. The van der Waals surface area contributed by atoms with E-state index in [2.05, 4.69) is 16.0 Å². The highest BCUT2D eigenvalue weighted by molar-refractivity contribution is 6.22. The van der Waals surface area contributed by atoms with E-state index < -0.39 is 17.8 Å². The third kappa shape index (κ3) is 2.93. The Morgan fingerprint density at radius 2 is 1.81 bits per heavy atom. The monoisotopic (exact) mass is 363 g/mol. The van der Waals surface area contributed by atoms with Crippen molar-refractivity contribution in [1.29, 1.82) is 0 Å². The molecular weight excluding hydrogens is 346 g/mol. The second kappa shape index (κ2) is 6.28. The van der Waals surface area contributed by atoms with E-state index in [0.717, 1.165) is 16.5 Å². The van der Waals surface area contributed by atoms with Crippen LogP contribution in [0, 0.1) is 6.92 Å². The lowest BCUT2D eigenvalue weighted by Crippen LogP contribution is -2.31. The molecule has 7 nitrogen and oxygen atoms in total. The molecule has 0 saturated heterocycles. The van der Waals surface area contributed by atoms with Crippen molar-refractivity contribution in [2.24, 2.45) is 0 Å². The van der Waals surface area contributed by atoms with Gasteiger partial charge >= 0.3 is 6.03 Å². The van der Waals surface area contributed by atoms with Crippen molar-refractivity contribution in [1.82, 2.24) is 10.6 Å². The average Bonchev–Trinajstić information content (AvgIpc) is 3.12. The van der Waals surface area contributed by atoms with Gasteiger partial charge in [0.1, 0.15) is 11.3 Å². The van der Waals surface area contributed by atoms with Gasteiger partial charge in [0.15, 0.2) is 0 Å². The third-order valence-corrected chi connectivity index (χ3v) is 4.62. The summed E-state index contributed by atoms with van der Waals surface area (Å²) in [5, 5.41) is 8.73. The minimum atomic E-state index is -0.467. The highest BCUT2D eigenvalue weighted by Gasteiger charge is 2.27. The fourth-order valence-electron chi connectivity index (χ4n) is 3.28. The molecule has 0 radical (unpaired) electrons. The number of imide groups is 1. The van der Waals surface area contributed by atoms with E-state index in [1.54, 1.807) is 6.07 Å². The molecule has 4 rings (SSSR count). The first-order chi connectivity index (χ1) is 12.9. The van der Waals surface area contributed by atoms with Gasteiger partial charge in [0.25, 0.3) is 11.8 Å². The summed E-state index contributed by atoms with van der Waals surface area (Å²) in [5.41, 5.74) is 2.72. The number of hydrogen-bond donors (Lipinski definition) is 3. The first-order valence-electron chi connectivity index (χ1n) is 8.49. The number of furan rings is 1. The van der Waals surface area contributed by atoms with Crippen LogP contribution in [-0.2, 0) is 0 Å². The summed E-state index contributed by atoms with van der Waals surface area (Å²) >= 11 is 0. The van der Waals surface area contributed by atoms with Crippen molar-refractivity contribution < 1.29 is 18.8 Å². The number of para-hydroxylation sites is 1. The zero-order chi connectivity index (χ0) is 19.1. The Hall–Kier alpha value is -3.61. The average molecular weight is 363 g/mol. The molecule has 3 N–H and O–H groups in total. The number of carbonyl (C=O) groups excluding carboxylic acids is 3. The number of aryl methyl sites for hydroxylation is 1. The predicted molar refractivity (Wildman–Crippen MR) is 99.8 cm³/mol. The summed E-state index contributed by atoms with van der Waals surface area (Å²) in [6.45, 7) is 3.78. The summed E-state index contributed by atoms with van der Waals surface area (Å²) in [7, 11) is 0. The minimum absolute atomic E-state index is 0.249. The van der Waals surface area contributed by atoms with Crippen LogP contribution in [0.4, 0.5) is 10.5 Å². The minimum Gasteiger partial charge on any atom is -0.459 e. The lowest BCUT2D eigenvalue weighted by atomic mass is 10.1.